The summed E-state index contributed by atoms with van der Waals surface area (Å²) in [5, 5.41) is 10.4. The van der Waals surface area contributed by atoms with Crippen molar-refractivity contribution in [3.8, 4) is 11.5 Å². The summed E-state index contributed by atoms with van der Waals surface area (Å²) in [6.45, 7) is 4.65. The molecule has 176 valence electrons. The van der Waals surface area contributed by atoms with Crippen molar-refractivity contribution in [1.29, 1.82) is 0 Å². The second-order valence-corrected chi connectivity index (χ2v) is 8.95. The van der Waals surface area contributed by atoms with E-state index in [2.05, 4.69) is 4.90 Å². The van der Waals surface area contributed by atoms with E-state index in [1.807, 2.05) is 23.1 Å². The first-order valence-corrected chi connectivity index (χ1v) is 11.5. The minimum atomic E-state index is -0.550. The van der Waals surface area contributed by atoms with Crippen molar-refractivity contribution >= 4 is 5.91 Å². The Labute approximate surface area is 188 Å². The summed E-state index contributed by atoms with van der Waals surface area (Å²) in [6, 6.07) is 6.10. The van der Waals surface area contributed by atoms with Crippen LogP contribution in [0.4, 0.5) is 0 Å². The molecule has 0 spiro atoms. The van der Waals surface area contributed by atoms with Gasteiger partial charge in [0.25, 0.3) is 0 Å². The maximum absolute atomic E-state index is 12.7. The van der Waals surface area contributed by atoms with Gasteiger partial charge in [0.2, 0.25) is 12.7 Å². The number of fused-ring (bicyclic) bond motifs is 2. The maximum atomic E-state index is 12.7. The Hall–Kier alpha value is -1.91. The van der Waals surface area contributed by atoms with Crippen LogP contribution in [0.5, 0.6) is 11.5 Å². The summed E-state index contributed by atoms with van der Waals surface area (Å²) in [4.78, 5) is 16.8. The molecule has 4 atom stereocenters. The molecule has 1 N–H and O–H groups in total. The lowest BCUT2D eigenvalue weighted by molar-refractivity contribution is -0.162. The van der Waals surface area contributed by atoms with E-state index in [4.69, 9.17) is 23.7 Å². The third-order valence-electron chi connectivity index (χ3n) is 6.68. The zero-order valence-electron chi connectivity index (χ0n) is 18.3. The number of carbonyl (C=O) groups is 1. The zero-order valence-corrected chi connectivity index (χ0v) is 18.3. The standard InChI is InChI=1S/C23H32N2O7/c26-17-12-25(11-16-1-4-20-21(9-16)31-15-30-20)19-3-2-18(32-22(19)14-29-13-17)10-23(27)24-5-7-28-8-6-24/h1,4,9,17-19,22,26H,2-3,5-8,10-15H2/t17-,18-,19-,22+/m1/s1. The Kier molecular flexibility index (Phi) is 6.80. The number of amides is 1. The molecule has 1 amide bonds. The molecular weight excluding hydrogens is 416 g/mol. The Bertz CT molecular complexity index is 801. The Morgan fingerprint density at radius 3 is 2.78 bits per heavy atom. The van der Waals surface area contributed by atoms with E-state index in [9.17, 15) is 9.90 Å². The van der Waals surface area contributed by atoms with E-state index in [0.29, 0.717) is 52.4 Å². The molecule has 0 unspecified atom stereocenters. The first-order valence-electron chi connectivity index (χ1n) is 11.5. The van der Waals surface area contributed by atoms with Gasteiger partial charge in [-0.15, -0.1) is 0 Å². The second-order valence-electron chi connectivity index (χ2n) is 8.95. The van der Waals surface area contributed by atoms with E-state index in [1.54, 1.807) is 0 Å². The van der Waals surface area contributed by atoms with Gasteiger partial charge in [-0.2, -0.15) is 0 Å². The minimum Gasteiger partial charge on any atom is -0.454 e. The van der Waals surface area contributed by atoms with Gasteiger partial charge in [-0.1, -0.05) is 6.07 Å². The normalized spacial score (nSPS) is 31.0. The number of morpholine rings is 1. The predicted octanol–water partition coefficient (Wildman–Crippen LogP) is 0.774. The van der Waals surface area contributed by atoms with Crippen molar-refractivity contribution in [2.45, 2.75) is 50.2 Å². The Morgan fingerprint density at radius 2 is 1.91 bits per heavy atom. The lowest BCUT2D eigenvalue weighted by Crippen LogP contribution is -2.55. The summed E-state index contributed by atoms with van der Waals surface area (Å²) >= 11 is 0. The zero-order chi connectivity index (χ0) is 21.9. The number of rotatable bonds is 4. The monoisotopic (exact) mass is 448 g/mol. The highest BCUT2D eigenvalue weighted by molar-refractivity contribution is 5.76. The molecule has 0 saturated carbocycles. The van der Waals surface area contributed by atoms with Crippen LogP contribution in [0.3, 0.4) is 0 Å². The number of aliphatic hydroxyl groups is 1. The van der Waals surface area contributed by atoms with Gasteiger partial charge in [-0.3, -0.25) is 9.69 Å². The fraction of sp³-hybridized carbons (Fsp3) is 0.696. The van der Waals surface area contributed by atoms with Crippen LogP contribution in [-0.4, -0.2) is 98.0 Å². The molecule has 0 bridgehead atoms. The lowest BCUT2D eigenvalue weighted by atomic mass is 9.94. The van der Waals surface area contributed by atoms with Crippen LogP contribution in [0, 0.1) is 0 Å². The number of aliphatic hydroxyl groups excluding tert-OH is 1. The number of benzene rings is 1. The molecule has 32 heavy (non-hydrogen) atoms. The molecule has 9 nitrogen and oxygen atoms in total. The van der Waals surface area contributed by atoms with Gasteiger partial charge in [-0.05, 0) is 30.5 Å². The van der Waals surface area contributed by atoms with Gasteiger partial charge >= 0.3 is 0 Å². The average Bonchev–Trinajstić information content (AvgIpc) is 3.26. The number of β-amino-alcohol motifs (C(OH)–C–C–N with tert-alkyl or cyclic N) is 1. The highest BCUT2D eigenvalue weighted by Gasteiger charge is 2.38. The van der Waals surface area contributed by atoms with E-state index < -0.39 is 6.10 Å². The average molecular weight is 449 g/mol. The fourth-order valence-corrected chi connectivity index (χ4v) is 5.04. The van der Waals surface area contributed by atoms with Crippen LogP contribution < -0.4 is 9.47 Å². The van der Waals surface area contributed by atoms with Crippen LogP contribution >= 0.6 is 0 Å². The molecule has 3 fully saturated rings. The molecule has 4 heterocycles. The highest BCUT2D eigenvalue weighted by atomic mass is 16.7. The molecule has 0 aliphatic carbocycles. The van der Waals surface area contributed by atoms with E-state index in [-0.39, 0.29) is 37.6 Å². The van der Waals surface area contributed by atoms with Crippen LogP contribution in [0.25, 0.3) is 0 Å². The molecule has 4 aliphatic heterocycles. The third-order valence-corrected chi connectivity index (χ3v) is 6.68. The molecule has 9 heteroatoms. The third kappa shape index (κ3) is 5.02. The summed E-state index contributed by atoms with van der Waals surface area (Å²) in [5.41, 5.74) is 1.10. The molecule has 3 saturated heterocycles. The van der Waals surface area contributed by atoms with E-state index >= 15 is 0 Å². The SMILES string of the molecule is O=C(C[C@H]1CC[C@@H]2[C@H](COC[C@H](O)CN2Cc2ccc3c(c2)OCO3)O1)N1CCOCC1. The van der Waals surface area contributed by atoms with Crippen LogP contribution in [0.1, 0.15) is 24.8 Å². The Morgan fingerprint density at radius 1 is 1.06 bits per heavy atom. The second kappa shape index (κ2) is 9.93. The molecule has 1 aromatic carbocycles. The number of ether oxygens (including phenoxy) is 5. The van der Waals surface area contributed by atoms with Gasteiger partial charge < -0.3 is 33.7 Å². The number of hydrogen-bond acceptors (Lipinski definition) is 8. The molecular formula is C23H32N2O7. The number of hydrogen-bond donors (Lipinski definition) is 1. The van der Waals surface area contributed by atoms with Crippen LogP contribution in [0.2, 0.25) is 0 Å². The van der Waals surface area contributed by atoms with Crippen molar-refractivity contribution in [3.63, 3.8) is 0 Å². The van der Waals surface area contributed by atoms with Gasteiger partial charge in [0.15, 0.2) is 11.5 Å². The molecule has 0 aromatic heterocycles. The van der Waals surface area contributed by atoms with Crippen molar-refractivity contribution < 1.29 is 33.6 Å². The Balaban J connectivity index is 1.24. The first kappa shape index (κ1) is 21.9. The molecule has 0 radical (unpaired) electrons. The number of carbonyl (C=O) groups excluding carboxylic acids is 1. The lowest BCUT2D eigenvalue weighted by Gasteiger charge is -2.44. The van der Waals surface area contributed by atoms with Gasteiger partial charge in [-0.25, -0.2) is 0 Å². The van der Waals surface area contributed by atoms with E-state index in [0.717, 1.165) is 29.9 Å². The van der Waals surface area contributed by atoms with Gasteiger partial charge in [0.1, 0.15) is 0 Å². The number of nitrogens with zero attached hydrogens (tertiary/aromatic N) is 2. The maximum Gasteiger partial charge on any atom is 0.231 e. The van der Waals surface area contributed by atoms with Gasteiger partial charge in [0.05, 0.1) is 51.2 Å². The van der Waals surface area contributed by atoms with Crippen LogP contribution in [0.15, 0.2) is 18.2 Å². The van der Waals surface area contributed by atoms with Crippen molar-refractivity contribution in [1.82, 2.24) is 9.80 Å². The summed E-state index contributed by atoms with van der Waals surface area (Å²) in [7, 11) is 0. The predicted molar refractivity (Wildman–Crippen MR) is 113 cm³/mol. The van der Waals surface area contributed by atoms with Crippen LogP contribution in [-0.2, 0) is 25.5 Å². The largest absolute Gasteiger partial charge is 0.454 e. The topological polar surface area (TPSA) is 89.9 Å². The smallest absolute Gasteiger partial charge is 0.231 e. The van der Waals surface area contributed by atoms with Gasteiger partial charge in [0, 0.05) is 32.2 Å². The summed E-state index contributed by atoms with van der Waals surface area (Å²) < 4.78 is 28.4. The van der Waals surface area contributed by atoms with Crippen molar-refractivity contribution in [3.05, 3.63) is 23.8 Å². The molecule has 4 aliphatic rings. The fourth-order valence-electron chi connectivity index (χ4n) is 5.04. The molecule has 1 aromatic rings. The summed E-state index contributed by atoms with van der Waals surface area (Å²) in [6.07, 6.45) is 1.32. The quantitative estimate of drug-likeness (QED) is 0.723. The molecule has 5 rings (SSSR count). The summed E-state index contributed by atoms with van der Waals surface area (Å²) in [5.74, 6) is 1.66. The highest BCUT2D eigenvalue weighted by Crippen LogP contribution is 2.34. The van der Waals surface area contributed by atoms with E-state index in [1.165, 1.54) is 0 Å². The van der Waals surface area contributed by atoms with Crippen molar-refractivity contribution in [2.75, 3.05) is 52.9 Å². The van der Waals surface area contributed by atoms with Crippen molar-refractivity contribution in [2.24, 2.45) is 0 Å². The first-order chi connectivity index (χ1) is 15.7. The minimum absolute atomic E-state index is 0.105.